The van der Waals surface area contributed by atoms with Gasteiger partial charge in [-0.3, -0.25) is 0 Å². The predicted molar refractivity (Wildman–Crippen MR) is 101 cm³/mol. The van der Waals surface area contributed by atoms with Gasteiger partial charge < -0.3 is 9.30 Å². The molecule has 0 saturated carbocycles. The minimum absolute atomic E-state index is 0.0529. The SMILES string of the molecule is N#CC[P@](=O)(c1ccccc1)c1ccccc1OCc1ccccc1. The number of benzene rings is 3. The number of ether oxygens (including phenoxy) is 1. The van der Waals surface area contributed by atoms with Crippen LogP contribution in [0, 0.1) is 11.3 Å². The summed E-state index contributed by atoms with van der Waals surface area (Å²) in [6, 6.07) is 28.4. The lowest BCUT2D eigenvalue weighted by Crippen LogP contribution is -2.20. The fraction of sp³-hybridized carbons (Fsp3) is 0.0952. The molecule has 3 nitrogen and oxygen atoms in total. The smallest absolute Gasteiger partial charge is 0.160 e. The Balaban J connectivity index is 1.98. The van der Waals surface area contributed by atoms with Gasteiger partial charge in [-0.05, 0) is 17.7 Å². The third-order valence-electron chi connectivity index (χ3n) is 3.96. The van der Waals surface area contributed by atoms with Crippen LogP contribution in [-0.2, 0) is 11.2 Å². The van der Waals surface area contributed by atoms with Gasteiger partial charge in [0.15, 0.2) is 7.14 Å². The highest BCUT2D eigenvalue weighted by atomic mass is 31.2. The zero-order valence-electron chi connectivity index (χ0n) is 13.7. The Morgan fingerprint density at radius 1 is 0.840 bits per heavy atom. The van der Waals surface area contributed by atoms with Crippen molar-refractivity contribution in [2.45, 2.75) is 6.61 Å². The van der Waals surface area contributed by atoms with Crippen molar-refractivity contribution in [1.82, 2.24) is 0 Å². The molecule has 0 bridgehead atoms. The molecule has 0 radical (unpaired) electrons. The number of nitrogens with zero attached hydrogens (tertiary/aromatic N) is 1. The molecule has 0 aliphatic heterocycles. The molecule has 0 spiro atoms. The number of hydrogen-bond acceptors (Lipinski definition) is 3. The standard InChI is InChI=1S/C21H18NO2P/c22-15-16-25(23,19-11-5-2-6-12-19)21-14-8-7-13-20(21)24-17-18-9-3-1-4-10-18/h1-14H,16-17H2/t25-/m0/s1. The van der Waals surface area contributed by atoms with Crippen molar-refractivity contribution in [1.29, 1.82) is 5.26 Å². The fourth-order valence-corrected chi connectivity index (χ4v) is 5.00. The molecule has 4 heteroatoms. The Hall–Kier alpha value is -2.82. The van der Waals surface area contributed by atoms with E-state index in [1.54, 1.807) is 6.07 Å². The summed E-state index contributed by atoms with van der Waals surface area (Å²) in [6.45, 7) is 0.388. The third kappa shape index (κ3) is 3.82. The lowest BCUT2D eigenvalue weighted by atomic mass is 10.2. The van der Waals surface area contributed by atoms with Crippen molar-refractivity contribution in [3.05, 3.63) is 90.5 Å². The van der Waals surface area contributed by atoms with Gasteiger partial charge in [0.2, 0.25) is 0 Å². The summed E-state index contributed by atoms with van der Waals surface area (Å²) >= 11 is 0. The Labute approximate surface area is 147 Å². The monoisotopic (exact) mass is 347 g/mol. The molecule has 3 aromatic carbocycles. The molecular formula is C21H18NO2P. The van der Waals surface area contributed by atoms with E-state index in [2.05, 4.69) is 6.07 Å². The van der Waals surface area contributed by atoms with Gasteiger partial charge in [0.25, 0.3) is 0 Å². The Bertz CT molecular complexity index is 917. The average molecular weight is 347 g/mol. The summed E-state index contributed by atoms with van der Waals surface area (Å²) in [5, 5.41) is 10.5. The third-order valence-corrected chi connectivity index (χ3v) is 6.83. The minimum atomic E-state index is -3.07. The van der Waals surface area contributed by atoms with E-state index >= 15 is 0 Å². The number of hydrogen-bond donors (Lipinski definition) is 0. The largest absolute Gasteiger partial charge is 0.488 e. The van der Waals surface area contributed by atoms with Crippen molar-refractivity contribution in [2.75, 3.05) is 6.16 Å². The van der Waals surface area contributed by atoms with Gasteiger partial charge in [-0.15, -0.1) is 0 Å². The highest BCUT2D eigenvalue weighted by molar-refractivity contribution is 7.79. The predicted octanol–water partition coefficient (Wildman–Crippen LogP) is 4.10. The summed E-state index contributed by atoms with van der Waals surface area (Å²) in [6.07, 6.45) is -0.0529. The molecule has 0 aliphatic carbocycles. The number of nitriles is 1. The van der Waals surface area contributed by atoms with E-state index in [0.29, 0.717) is 23.0 Å². The molecule has 0 unspecified atom stereocenters. The summed E-state index contributed by atoms with van der Waals surface area (Å²) in [5.74, 6) is 0.564. The van der Waals surface area contributed by atoms with Gasteiger partial charge in [-0.1, -0.05) is 72.8 Å². The van der Waals surface area contributed by atoms with Gasteiger partial charge >= 0.3 is 0 Å². The zero-order chi connectivity index (χ0) is 17.5. The molecule has 0 amide bonds. The second-order valence-corrected chi connectivity index (χ2v) is 8.43. The zero-order valence-corrected chi connectivity index (χ0v) is 14.6. The van der Waals surface area contributed by atoms with Crippen LogP contribution in [-0.4, -0.2) is 6.16 Å². The van der Waals surface area contributed by atoms with Crippen molar-refractivity contribution >= 4 is 17.8 Å². The van der Waals surface area contributed by atoms with Crippen LogP contribution in [0.15, 0.2) is 84.9 Å². The van der Waals surface area contributed by atoms with E-state index in [9.17, 15) is 9.83 Å². The molecule has 0 saturated heterocycles. The van der Waals surface area contributed by atoms with E-state index in [1.165, 1.54) is 0 Å². The van der Waals surface area contributed by atoms with E-state index in [0.717, 1.165) is 5.56 Å². The van der Waals surface area contributed by atoms with Crippen LogP contribution >= 0.6 is 7.14 Å². The second kappa shape index (κ2) is 7.83. The maximum absolute atomic E-state index is 13.7. The molecule has 0 aromatic heterocycles. The van der Waals surface area contributed by atoms with Crippen molar-refractivity contribution < 1.29 is 9.30 Å². The molecular weight excluding hydrogens is 329 g/mol. The Morgan fingerprint density at radius 2 is 1.44 bits per heavy atom. The molecule has 0 N–H and O–H groups in total. The lowest BCUT2D eigenvalue weighted by molar-refractivity contribution is 0.308. The van der Waals surface area contributed by atoms with Gasteiger partial charge in [0.05, 0.1) is 17.5 Å². The number of rotatable bonds is 6. The summed E-state index contributed by atoms with van der Waals surface area (Å²) in [5.41, 5.74) is 1.03. The minimum Gasteiger partial charge on any atom is -0.488 e. The summed E-state index contributed by atoms with van der Waals surface area (Å²) < 4.78 is 19.7. The van der Waals surface area contributed by atoms with E-state index in [4.69, 9.17) is 4.74 Å². The van der Waals surface area contributed by atoms with E-state index in [-0.39, 0.29) is 6.16 Å². The normalized spacial score (nSPS) is 12.8. The lowest BCUT2D eigenvalue weighted by Gasteiger charge is -2.20. The molecule has 3 rings (SSSR count). The quantitative estimate of drug-likeness (QED) is 0.631. The van der Waals surface area contributed by atoms with Crippen LogP contribution in [0.25, 0.3) is 0 Å². The maximum atomic E-state index is 13.7. The average Bonchev–Trinajstić information content (AvgIpc) is 2.68. The van der Waals surface area contributed by atoms with Crippen LogP contribution in [0.3, 0.4) is 0 Å². The van der Waals surface area contributed by atoms with Crippen molar-refractivity contribution in [3.8, 4) is 11.8 Å². The number of para-hydroxylation sites is 1. The second-order valence-electron chi connectivity index (χ2n) is 5.63. The van der Waals surface area contributed by atoms with Gasteiger partial charge in [-0.25, -0.2) is 0 Å². The first-order valence-corrected chi connectivity index (χ1v) is 9.91. The first-order chi connectivity index (χ1) is 12.2. The molecule has 124 valence electrons. The fourth-order valence-electron chi connectivity index (χ4n) is 2.70. The van der Waals surface area contributed by atoms with E-state index in [1.807, 2.05) is 78.9 Å². The Kier molecular flexibility index (Phi) is 5.33. The van der Waals surface area contributed by atoms with Gasteiger partial charge in [0, 0.05) is 5.30 Å². The summed E-state index contributed by atoms with van der Waals surface area (Å²) in [4.78, 5) is 0. The molecule has 0 fully saturated rings. The van der Waals surface area contributed by atoms with Crippen molar-refractivity contribution in [2.24, 2.45) is 0 Å². The highest BCUT2D eigenvalue weighted by Crippen LogP contribution is 2.45. The van der Waals surface area contributed by atoms with Crippen LogP contribution in [0.4, 0.5) is 0 Å². The maximum Gasteiger partial charge on any atom is 0.160 e. The first-order valence-electron chi connectivity index (χ1n) is 8.02. The molecule has 25 heavy (non-hydrogen) atoms. The van der Waals surface area contributed by atoms with E-state index < -0.39 is 7.14 Å². The van der Waals surface area contributed by atoms with Crippen LogP contribution in [0.5, 0.6) is 5.75 Å². The van der Waals surface area contributed by atoms with Gasteiger partial charge in [0.1, 0.15) is 12.4 Å². The Morgan fingerprint density at radius 3 is 2.12 bits per heavy atom. The molecule has 0 aliphatic rings. The van der Waals surface area contributed by atoms with Crippen LogP contribution < -0.4 is 15.3 Å². The van der Waals surface area contributed by atoms with Crippen LogP contribution in [0.1, 0.15) is 5.56 Å². The molecule has 0 heterocycles. The topological polar surface area (TPSA) is 50.1 Å². The van der Waals surface area contributed by atoms with Gasteiger partial charge in [-0.2, -0.15) is 5.26 Å². The summed E-state index contributed by atoms with van der Waals surface area (Å²) in [7, 11) is -3.07. The first kappa shape index (κ1) is 17.0. The highest BCUT2D eigenvalue weighted by Gasteiger charge is 2.30. The molecule has 1 atom stereocenters. The van der Waals surface area contributed by atoms with Crippen molar-refractivity contribution in [3.63, 3.8) is 0 Å². The van der Waals surface area contributed by atoms with Crippen LogP contribution in [0.2, 0.25) is 0 Å². The molecule has 3 aromatic rings.